The lowest BCUT2D eigenvalue weighted by Gasteiger charge is -2.21. The molecule has 0 aromatic heterocycles. The number of aliphatic hydroxyl groups excluding tert-OH is 1. The van der Waals surface area contributed by atoms with Crippen molar-refractivity contribution in [2.45, 2.75) is 24.8 Å². The number of nitrogens with one attached hydrogen (secondary N) is 1. The first-order valence-electron chi connectivity index (χ1n) is 5.56. The van der Waals surface area contributed by atoms with Crippen molar-refractivity contribution < 1.29 is 13.5 Å². The number of hydrogen-bond acceptors (Lipinski definition) is 4. The number of nitrogen functional groups attached to an aromatic ring is 1. The van der Waals surface area contributed by atoms with E-state index in [1.807, 2.05) is 13.8 Å². The van der Waals surface area contributed by atoms with Crippen LogP contribution in [-0.2, 0) is 10.0 Å². The van der Waals surface area contributed by atoms with Crippen LogP contribution in [0, 0.1) is 5.92 Å². The van der Waals surface area contributed by atoms with Gasteiger partial charge in [-0.1, -0.05) is 29.8 Å². The number of rotatable bonds is 5. The van der Waals surface area contributed by atoms with E-state index in [0.717, 1.165) is 0 Å². The molecule has 19 heavy (non-hydrogen) atoms. The van der Waals surface area contributed by atoms with Crippen molar-refractivity contribution in [1.82, 2.24) is 4.72 Å². The molecule has 1 aromatic carbocycles. The summed E-state index contributed by atoms with van der Waals surface area (Å²) in [4.78, 5) is -0.0187. The topological polar surface area (TPSA) is 92.4 Å². The molecule has 0 radical (unpaired) electrons. The maximum Gasteiger partial charge on any atom is 0.244 e. The molecule has 4 N–H and O–H groups in total. The van der Waals surface area contributed by atoms with Crippen molar-refractivity contribution in [3.63, 3.8) is 0 Å². The highest BCUT2D eigenvalue weighted by atomic mass is 79.9. The largest absolute Gasteiger partial charge is 0.398 e. The van der Waals surface area contributed by atoms with E-state index in [9.17, 15) is 13.5 Å². The average molecular weight is 416 g/mol. The first kappa shape index (κ1) is 16.9. The van der Waals surface area contributed by atoms with Crippen molar-refractivity contribution >= 4 is 47.6 Å². The van der Waals surface area contributed by atoms with E-state index in [1.54, 1.807) is 6.07 Å². The van der Waals surface area contributed by atoms with Gasteiger partial charge < -0.3 is 10.8 Å². The highest BCUT2D eigenvalue weighted by Crippen LogP contribution is 2.31. The maximum absolute atomic E-state index is 12.3. The fourth-order valence-corrected chi connectivity index (χ4v) is 4.95. The first-order chi connectivity index (χ1) is 8.69. The Hall–Kier alpha value is -0.150. The Morgan fingerprint density at radius 2 is 1.95 bits per heavy atom. The van der Waals surface area contributed by atoms with E-state index in [-0.39, 0.29) is 23.1 Å². The molecule has 1 unspecified atom stereocenters. The molecule has 1 aromatic rings. The Morgan fingerprint density at radius 1 is 1.37 bits per heavy atom. The van der Waals surface area contributed by atoms with Gasteiger partial charge in [0, 0.05) is 15.0 Å². The summed E-state index contributed by atoms with van der Waals surface area (Å²) < 4.78 is 28.1. The van der Waals surface area contributed by atoms with Gasteiger partial charge in [0.25, 0.3) is 0 Å². The predicted molar refractivity (Wildman–Crippen MR) is 82.3 cm³/mol. The minimum absolute atomic E-state index is 0.0187. The van der Waals surface area contributed by atoms with Crippen molar-refractivity contribution in [3.05, 3.63) is 21.1 Å². The molecule has 0 fully saturated rings. The first-order valence-corrected chi connectivity index (χ1v) is 8.63. The van der Waals surface area contributed by atoms with Gasteiger partial charge >= 0.3 is 0 Å². The highest BCUT2D eigenvalue weighted by Gasteiger charge is 2.26. The van der Waals surface area contributed by atoms with Gasteiger partial charge in [-0.2, -0.15) is 0 Å². The smallest absolute Gasteiger partial charge is 0.244 e. The van der Waals surface area contributed by atoms with E-state index in [1.165, 1.54) is 6.07 Å². The molecule has 1 rings (SSSR count). The minimum Gasteiger partial charge on any atom is -0.398 e. The lowest BCUT2D eigenvalue weighted by atomic mass is 10.1. The normalized spacial score (nSPS) is 13.8. The van der Waals surface area contributed by atoms with E-state index >= 15 is 0 Å². The molecule has 0 amide bonds. The van der Waals surface area contributed by atoms with Crippen LogP contribution in [0.5, 0.6) is 0 Å². The second-order valence-electron chi connectivity index (χ2n) is 4.46. The number of halogens is 2. The Kier molecular flexibility index (Phi) is 5.81. The lowest BCUT2D eigenvalue weighted by Crippen LogP contribution is -2.41. The van der Waals surface area contributed by atoms with Crippen LogP contribution in [-0.4, -0.2) is 26.2 Å². The Labute approximate surface area is 129 Å². The van der Waals surface area contributed by atoms with Gasteiger partial charge in [0.2, 0.25) is 10.0 Å². The van der Waals surface area contributed by atoms with Crippen LogP contribution in [0.2, 0.25) is 0 Å². The summed E-state index contributed by atoms with van der Waals surface area (Å²) in [7, 11) is -3.80. The van der Waals surface area contributed by atoms with E-state index < -0.39 is 16.1 Å². The zero-order chi connectivity index (χ0) is 14.8. The number of aliphatic hydroxyl groups is 1. The molecular weight excluding hydrogens is 400 g/mol. The summed E-state index contributed by atoms with van der Waals surface area (Å²) in [5.74, 6) is -0.0322. The maximum atomic E-state index is 12.3. The summed E-state index contributed by atoms with van der Waals surface area (Å²) in [6, 6.07) is 2.57. The van der Waals surface area contributed by atoms with Crippen LogP contribution in [0.25, 0.3) is 0 Å². The Morgan fingerprint density at radius 3 is 2.37 bits per heavy atom. The zero-order valence-corrected chi connectivity index (χ0v) is 14.5. The number of hydrogen-bond donors (Lipinski definition) is 3. The molecule has 0 bridgehead atoms. The summed E-state index contributed by atoms with van der Waals surface area (Å²) in [6.07, 6.45) is 0. The van der Waals surface area contributed by atoms with Crippen LogP contribution < -0.4 is 10.5 Å². The number of anilines is 1. The number of sulfonamides is 1. The van der Waals surface area contributed by atoms with Crippen molar-refractivity contribution in [2.24, 2.45) is 5.92 Å². The summed E-state index contributed by atoms with van der Waals surface area (Å²) in [5, 5.41) is 9.21. The van der Waals surface area contributed by atoms with Crippen LogP contribution in [0.15, 0.2) is 26.0 Å². The monoisotopic (exact) mass is 414 g/mol. The summed E-state index contributed by atoms with van der Waals surface area (Å²) in [5.41, 5.74) is 5.89. The lowest BCUT2D eigenvalue weighted by molar-refractivity contribution is 0.227. The van der Waals surface area contributed by atoms with E-state index in [2.05, 4.69) is 36.6 Å². The van der Waals surface area contributed by atoms with Gasteiger partial charge in [0.15, 0.2) is 0 Å². The molecule has 5 nitrogen and oxygen atoms in total. The molecule has 0 aliphatic carbocycles. The van der Waals surface area contributed by atoms with E-state index in [4.69, 9.17) is 5.73 Å². The second-order valence-corrected chi connectivity index (χ2v) is 7.88. The van der Waals surface area contributed by atoms with Gasteiger partial charge in [0.05, 0.1) is 12.3 Å². The summed E-state index contributed by atoms with van der Waals surface area (Å²) >= 11 is 6.43. The third kappa shape index (κ3) is 4.16. The van der Waals surface area contributed by atoms with Crippen molar-refractivity contribution in [3.8, 4) is 0 Å². The molecule has 108 valence electrons. The number of nitrogens with two attached hydrogens (primary N) is 1. The quantitative estimate of drug-likeness (QED) is 0.642. The van der Waals surface area contributed by atoms with Crippen molar-refractivity contribution in [2.75, 3.05) is 12.3 Å². The van der Waals surface area contributed by atoms with Gasteiger partial charge in [-0.25, -0.2) is 13.1 Å². The minimum atomic E-state index is -3.80. The van der Waals surface area contributed by atoms with Gasteiger partial charge in [-0.3, -0.25) is 0 Å². The van der Waals surface area contributed by atoms with Gasteiger partial charge in [0.1, 0.15) is 4.90 Å². The third-order valence-corrected chi connectivity index (χ3v) is 5.57. The molecule has 0 spiro atoms. The predicted octanol–water partition coefficient (Wildman–Crippen LogP) is 2.09. The molecule has 0 aliphatic heterocycles. The molecule has 0 saturated carbocycles. The second kappa shape index (κ2) is 6.53. The Balaban J connectivity index is 3.21. The fraction of sp³-hybridized carbons (Fsp3) is 0.455. The third-order valence-electron chi connectivity index (χ3n) is 2.61. The van der Waals surface area contributed by atoms with Crippen LogP contribution in [0.3, 0.4) is 0 Å². The highest BCUT2D eigenvalue weighted by molar-refractivity contribution is 9.11. The fourth-order valence-electron chi connectivity index (χ4n) is 1.51. The zero-order valence-electron chi connectivity index (χ0n) is 10.5. The molecule has 0 aliphatic rings. The average Bonchev–Trinajstić information content (AvgIpc) is 2.23. The van der Waals surface area contributed by atoms with Gasteiger partial charge in [-0.05, 0) is 34.0 Å². The molecule has 0 heterocycles. The van der Waals surface area contributed by atoms with Crippen LogP contribution in [0.1, 0.15) is 13.8 Å². The SMILES string of the molecule is CC(C)C(CO)NS(=O)(=O)c1c(N)cc(Br)cc1Br. The standard InChI is InChI=1S/C11H16Br2N2O3S/c1-6(2)10(5-16)15-19(17,18)11-8(13)3-7(12)4-9(11)14/h3-4,6,10,15-16H,5,14H2,1-2H3. The Bertz CT molecular complexity index is 538. The summed E-state index contributed by atoms with van der Waals surface area (Å²) in [6.45, 7) is 3.37. The van der Waals surface area contributed by atoms with Crippen molar-refractivity contribution in [1.29, 1.82) is 0 Å². The molecule has 0 saturated heterocycles. The molecule has 1 atom stereocenters. The molecule has 8 heteroatoms. The molecular formula is C11H16Br2N2O3S. The van der Waals surface area contributed by atoms with Crippen LogP contribution >= 0.6 is 31.9 Å². The number of benzene rings is 1. The van der Waals surface area contributed by atoms with E-state index in [0.29, 0.717) is 8.95 Å². The van der Waals surface area contributed by atoms with Gasteiger partial charge in [-0.15, -0.1) is 0 Å². The van der Waals surface area contributed by atoms with Crippen LogP contribution in [0.4, 0.5) is 5.69 Å².